The largest absolute Gasteiger partial charge is 0.243 e. The van der Waals surface area contributed by atoms with E-state index in [1.807, 2.05) is 24.3 Å². The van der Waals surface area contributed by atoms with Gasteiger partial charge >= 0.3 is 0 Å². The standard InChI is InChI=1S/C12H6Cl2N2/c13-7-3-1-5-9-11(7)16-10-6-2-4-8(14)12(10)15-9/h1-6H. The third kappa shape index (κ3) is 1.42. The highest BCUT2D eigenvalue weighted by Crippen LogP contribution is 2.25. The maximum absolute atomic E-state index is 6.06. The van der Waals surface area contributed by atoms with E-state index in [1.54, 1.807) is 12.1 Å². The summed E-state index contributed by atoms with van der Waals surface area (Å²) < 4.78 is 0. The first kappa shape index (κ1) is 9.82. The molecular weight excluding hydrogens is 243 g/mol. The molecule has 0 fully saturated rings. The summed E-state index contributed by atoms with van der Waals surface area (Å²) >= 11 is 12.1. The normalized spacial score (nSPS) is 11.1. The Bertz CT molecular complexity index is 633. The van der Waals surface area contributed by atoms with Gasteiger partial charge in [0, 0.05) is 0 Å². The van der Waals surface area contributed by atoms with Crippen molar-refractivity contribution in [3.05, 3.63) is 46.4 Å². The number of nitrogens with zero attached hydrogens (tertiary/aromatic N) is 2. The predicted octanol–water partition coefficient (Wildman–Crippen LogP) is 4.09. The van der Waals surface area contributed by atoms with Gasteiger partial charge in [0.1, 0.15) is 11.0 Å². The van der Waals surface area contributed by atoms with Crippen molar-refractivity contribution >= 4 is 45.3 Å². The molecule has 2 aromatic carbocycles. The number of rotatable bonds is 0. The monoisotopic (exact) mass is 248 g/mol. The summed E-state index contributed by atoms with van der Waals surface area (Å²) in [6.07, 6.45) is 0. The zero-order valence-electron chi connectivity index (χ0n) is 8.11. The van der Waals surface area contributed by atoms with Crippen LogP contribution in [0.3, 0.4) is 0 Å². The second kappa shape index (κ2) is 3.58. The average Bonchev–Trinajstić information content (AvgIpc) is 2.29. The number of aromatic nitrogens is 2. The molecule has 2 nitrogen and oxygen atoms in total. The van der Waals surface area contributed by atoms with Crippen LogP contribution < -0.4 is 0 Å². The van der Waals surface area contributed by atoms with Gasteiger partial charge in [-0.25, -0.2) is 9.97 Å². The molecule has 0 N–H and O–H groups in total. The molecule has 4 heteroatoms. The lowest BCUT2D eigenvalue weighted by molar-refractivity contribution is 1.39. The summed E-state index contributed by atoms with van der Waals surface area (Å²) in [4.78, 5) is 8.92. The summed E-state index contributed by atoms with van der Waals surface area (Å²) in [5.74, 6) is 0. The van der Waals surface area contributed by atoms with E-state index in [2.05, 4.69) is 9.97 Å². The molecule has 0 saturated carbocycles. The smallest absolute Gasteiger partial charge is 0.108 e. The van der Waals surface area contributed by atoms with Gasteiger partial charge in [-0.15, -0.1) is 0 Å². The molecule has 78 valence electrons. The highest BCUT2D eigenvalue weighted by atomic mass is 35.5. The molecule has 1 heterocycles. The van der Waals surface area contributed by atoms with E-state index in [0.29, 0.717) is 21.1 Å². The lowest BCUT2D eigenvalue weighted by Gasteiger charge is -2.03. The number of hydrogen-bond acceptors (Lipinski definition) is 2. The highest BCUT2D eigenvalue weighted by Gasteiger charge is 2.06. The molecule has 0 radical (unpaired) electrons. The summed E-state index contributed by atoms with van der Waals surface area (Å²) in [5.41, 5.74) is 2.93. The van der Waals surface area contributed by atoms with Crippen molar-refractivity contribution < 1.29 is 0 Å². The quantitative estimate of drug-likeness (QED) is 0.561. The molecule has 0 aliphatic rings. The number of fused-ring (bicyclic) bond motifs is 2. The third-order valence-electron chi connectivity index (χ3n) is 2.40. The van der Waals surface area contributed by atoms with E-state index in [-0.39, 0.29) is 0 Å². The number of para-hydroxylation sites is 2. The van der Waals surface area contributed by atoms with Crippen LogP contribution in [0, 0.1) is 0 Å². The van der Waals surface area contributed by atoms with Crippen molar-refractivity contribution in [3.8, 4) is 0 Å². The summed E-state index contributed by atoms with van der Waals surface area (Å²) in [6, 6.07) is 11.0. The Kier molecular flexibility index (Phi) is 2.20. The van der Waals surface area contributed by atoms with E-state index in [9.17, 15) is 0 Å². The lowest BCUT2D eigenvalue weighted by Crippen LogP contribution is -1.88. The molecule has 0 aliphatic carbocycles. The molecule has 3 rings (SSSR count). The van der Waals surface area contributed by atoms with Crippen molar-refractivity contribution in [1.29, 1.82) is 0 Å². The van der Waals surface area contributed by atoms with Crippen LogP contribution in [0.4, 0.5) is 0 Å². The minimum absolute atomic E-state index is 0.604. The van der Waals surface area contributed by atoms with E-state index in [1.165, 1.54) is 0 Å². The summed E-state index contributed by atoms with van der Waals surface area (Å²) in [5, 5.41) is 1.21. The Labute approximate surface area is 102 Å². The third-order valence-corrected chi connectivity index (χ3v) is 3.01. The van der Waals surface area contributed by atoms with Crippen LogP contribution in [0.2, 0.25) is 10.0 Å². The molecule has 0 bridgehead atoms. The SMILES string of the molecule is Clc1cccc2nc3c(Cl)cccc3nc12. The molecule has 0 atom stereocenters. The average molecular weight is 249 g/mol. The first-order valence-corrected chi connectivity index (χ1v) is 5.52. The first-order chi connectivity index (χ1) is 7.75. The molecule has 0 aliphatic heterocycles. The van der Waals surface area contributed by atoms with Crippen LogP contribution in [0.1, 0.15) is 0 Å². The van der Waals surface area contributed by atoms with Gasteiger partial charge in [-0.2, -0.15) is 0 Å². The molecule has 3 aromatic rings. The van der Waals surface area contributed by atoms with Crippen LogP contribution in [0.25, 0.3) is 22.1 Å². The van der Waals surface area contributed by atoms with Gasteiger partial charge in [0.05, 0.1) is 21.1 Å². The van der Waals surface area contributed by atoms with Crippen molar-refractivity contribution in [2.75, 3.05) is 0 Å². The van der Waals surface area contributed by atoms with Crippen LogP contribution in [-0.4, -0.2) is 9.97 Å². The Hall–Kier alpha value is -1.38. The van der Waals surface area contributed by atoms with Crippen molar-refractivity contribution in [2.24, 2.45) is 0 Å². The van der Waals surface area contributed by atoms with E-state index in [0.717, 1.165) is 11.0 Å². The summed E-state index contributed by atoms with van der Waals surface area (Å²) in [7, 11) is 0. The molecule has 16 heavy (non-hydrogen) atoms. The maximum atomic E-state index is 6.06. The molecular formula is C12H6Cl2N2. The topological polar surface area (TPSA) is 25.8 Å². The van der Waals surface area contributed by atoms with Gasteiger partial charge < -0.3 is 0 Å². The van der Waals surface area contributed by atoms with Crippen LogP contribution in [0.5, 0.6) is 0 Å². The highest BCUT2D eigenvalue weighted by molar-refractivity contribution is 6.36. The summed E-state index contributed by atoms with van der Waals surface area (Å²) in [6.45, 7) is 0. The maximum Gasteiger partial charge on any atom is 0.108 e. The Balaban J connectivity index is 2.54. The number of hydrogen-bond donors (Lipinski definition) is 0. The van der Waals surface area contributed by atoms with Crippen molar-refractivity contribution in [1.82, 2.24) is 9.97 Å². The van der Waals surface area contributed by atoms with Crippen molar-refractivity contribution in [2.45, 2.75) is 0 Å². The molecule has 0 unspecified atom stereocenters. The second-order valence-electron chi connectivity index (χ2n) is 3.44. The van der Waals surface area contributed by atoms with Crippen LogP contribution in [0.15, 0.2) is 36.4 Å². The Morgan fingerprint density at radius 1 is 0.688 bits per heavy atom. The van der Waals surface area contributed by atoms with Gasteiger partial charge in [-0.05, 0) is 24.3 Å². The predicted molar refractivity (Wildman–Crippen MR) is 67.1 cm³/mol. The first-order valence-electron chi connectivity index (χ1n) is 4.76. The molecule has 1 aromatic heterocycles. The molecule has 0 amide bonds. The fourth-order valence-electron chi connectivity index (χ4n) is 1.65. The van der Waals surface area contributed by atoms with E-state index in [4.69, 9.17) is 23.2 Å². The fraction of sp³-hybridized carbons (Fsp3) is 0. The van der Waals surface area contributed by atoms with Crippen molar-refractivity contribution in [3.63, 3.8) is 0 Å². The van der Waals surface area contributed by atoms with Gasteiger partial charge in [0.25, 0.3) is 0 Å². The van der Waals surface area contributed by atoms with E-state index < -0.39 is 0 Å². The van der Waals surface area contributed by atoms with Gasteiger partial charge in [0.2, 0.25) is 0 Å². The zero-order valence-corrected chi connectivity index (χ0v) is 9.63. The minimum atomic E-state index is 0.604. The lowest BCUT2D eigenvalue weighted by atomic mass is 10.2. The van der Waals surface area contributed by atoms with Gasteiger partial charge in [-0.3, -0.25) is 0 Å². The molecule has 0 saturated heterocycles. The van der Waals surface area contributed by atoms with E-state index >= 15 is 0 Å². The fourth-order valence-corrected chi connectivity index (χ4v) is 2.07. The number of halogens is 2. The minimum Gasteiger partial charge on any atom is -0.243 e. The van der Waals surface area contributed by atoms with Crippen LogP contribution >= 0.6 is 23.2 Å². The zero-order chi connectivity index (χ0) is 11.1. The molecule has 0 spiro atoms. The Morgan fingerprint density at radius 3 is 1.56 bits per heavy atom. The number of benzene rings is 2. The second-order valence-corrected chi connectivity index (χ2v) is 4.25. The Morgan fingerprint density at radius 2 is 1.12 bits per heavy atom. The van der Waals surface area contributed by atoms with Crippen LogP contribution in [-0.2, 0) is 0 Å². The van der Waals surface area contributed by atoms with Gasteiger partial charge in [-0.1, -0.05) is 35.3 Å². The van der Waals surface area contributed by atoms with Gasteiger partial charge in [0.15, 0.2) is 0 Å².